The summed E-state index contributed by atoms with van der Waals surface area (Å²) in [6.07, 6.45) is 0.571. The first kappa shape index (κ1) is 14.2. The fraction of sp³-hybridized carbons (Fsp3) is 0.188. The largest absolute Gasteiger partial charge is 0.478 e. The second-order valence-electron chi connectivity index (χ2n) is 4.48. The molecule has 3 nitrogen and oxygen atoms in total. The van der Waals surface area contributed by atoms with E-state index in [1.165, 1.54) is 6.07 Å². The highest BCUT2D eigenvalue weighted by Crippen LogP contribution is 2.09. The summed E-state index contributed by atoms with van der Waals surface area (Å²) in [6, 6.07) is 13.5. The summed E-state index contributed by atoms with van der Waals surface area (Å²) in [5, 5.41) is 12.2. The van der Waals surface area contributed by atoms with Crippen LogP contribution in [0.25, 0.3) is 0 Å². The van der Waals surface area contributed by atoms with Crippen LogP contribution in [0.5, 0.6) is 0 Å². The smallest absolute Gasteiger partial charge is 0.336 e. The number of carbonyl (C=O) groups is 1. The zero-order valence-electron chi connectivity index (χ0n) is 11.0. The third-order valence-electron chi connectivity index (χ3n) is 3.09. The van der Waals surface area contributed by atoms with Gasteiger partial charge in [0.05, 0.1) is 5.56 Å². The van der Waals surface area contributed by atoms with E-state index >= 15 is 0 Å². The summed E-state index contributed by atoms with van der Waals surface area (Å²) in [4.78, 5) is 11.0. The molecule has 0 heterocycles. The lowest BCUT2D eigenvalue weighted by molar-refractivity contribution is 0.0695. The van der Waals surface area contributed by atoms with Crippen molar-refractivity contribution in [2.24, 2.45) is 0 Å². The van der Waals surface area contributed by atoms with Crippen molar-refractivity contribution in [3.63, 3.8) is 0 Å². The van der Waals surface area contributed by atoms with Crippen molar-refractivity contribution >= 4 is 5.97 Å². The average Bonchev–Trinajstić information content (AvgIpc) is 2.45. The van der Waals surface area contributed by atoms with Crippen molar-refractivity contribution in [2.75, 3.05) is 6.54 Å². The number of carboxylic acid groups (broad SMARTS) is 1. The van der Waals surface area contributed by atoms with Gasteiger partial charge in [-0.25, -0.2) is 9.18 Å². The second kappa shape index (κ2) is 6.82. The van der Waals surface area contributed by atoms with Gasteiger partial charge in [0.1, 0.15) is 5.82 Å². The molecule has 0 fully saturated rings. The van der Waals surface area contributed by atoms with Crippen molar-refractivity contribution < 1.29 is 14.3 Å². The first-order valence-corrected chi connectivity index (χ1v) is 6.44. The molecule has 0 saturated heterocycles. The van der Waals surface area contributed by atoms with Gasteiger partial charge in [0.2, 0.25) is 0 Å². The molecule has 0 aromatic heterocycles. The summed E-state index contributed by atoms with van der Waals surface area (Å²) in [5.74, 6) is -1.14. The fourth-order valence-corrected chi connectivity index (χ4v) is 2.03. The zero-order valence-corrected chi connectivity index (χ0v) is 11.0. The van der Waals surface area contributed by atoms with Gasteiger partial charge in [0.25, 0.3) is 0 Å². The minimum atomic E-state index is -0.934. The Hall–Kier alpha value is -2.20. The van der Waals surface area contributed by atoms with E-state index in [4.69, 9.17) is 5.11 Å². The first-order valence-electron chi connectivity index (χ1n) is 6.44. The number of rotatable bonds is 6. The Morgan fingerprint density at radius 1 is 1.05 bits per heavy atom. The standard InChI is InChI=1S/C16H16FNO2/c17-15-8-4-2-5-12(15)9-10-18-11-13-6-1-3-7-14(13)16(19)20/h1-8,18H,9-11H2,(H,19,20). The number of hydrogen-bond acceptors (Lipinski definition) is 2. The highest BCUT2D eigenvalue weighted by Gasteiger charge is 2.08. The maximum absolute atomic E-state index is 13.4. The van der Waals surface area contributed by atoms with Crippen LogP contribution in [0.3, 0.4) is 0 Å². The Balaban J connectivity index is 1.88. The molecule has 2 aromatic rings. The number of halogens is 1. The molecule has 20 heavy (non-hydrogen) atoms. The van der Waals surface area contributed by atoms with Crippen LogP contribution < -0.4 is 5.32 Å². The van der Waals surface area contributed by atoms with E-state index in [1.54, 1.807) is 42.5 Å². The summed E-state index contributed by atoms with van der Waals surface area (Å²) in [7, 11) is 0. The van der Waals surface area contributed by atoms with Gasteiger partial charge in [-0.15, -0.1) is 0 Å². The van der Waals surface area contributed by atoms with E-state index in [-0.39, 0.29) is 5.82 Å². The van der Waals surface area contributed by atoms with Crippen LogP contribution in [0.1, 0.15) is 21.5 Å². The van der Waals surface area contributed by atoms with Gasteiger partial charge in [-0.2, -0.15) is 0 Å². The van der Waals surface area contributed by atoms with Gasteiger partial charge in [-0.3, -0.25) is 0 Å². The Kier molecular flexibility index (Phi) is 4.85. The molecule has 0 aliphatic carbocycles. The molecule has 0 aliphatic rings. The lowest BCUT2D eigenvalue weighted by atomic mass is 10.1. The number of benzene rings is 2. The van der Waals surface area contributed by atoms with Crippen LogP contribution >= 0.6 is 0 Å². The predicted molar refractivity (Wildman–Crippen MR) is 75.2 cm³/mol. The van der Waals surface area contributed by atoms with E-state index in [2.05, 4.69) is 5.32 Å². The fourth-order valence-electron chi connectivity index (χ4n) is 2.03. The van der Waals surface area contributed by atoms with Gasteiger partial charge in [-0.05, 0) is 36.2 Å². The van der Waals surface area contributed by atoms with E-state index in [1.807, 2.05) is 0 Å². The summed E-state index contributed by atoms with van der Waals surface area (Å²) in [5.41, 5.74) is 1.69. The van der Waals surface area contributed by atoms with Crippen LogP contribution in [0.15, 0.2) is 48.5 Å². The van der Waals surface area contributed by atoms with Gasteiger partial charge in [-0.1, -0.05) is 36.4 Å². The number of carboxylic acids is 1. The molecule has 0 radical (unpaired) electrons. The molecule has 0 spiro atoms. The van der Waals surface area contributed by atoms with E-state index in [0.29, 0.717) is 30.6 Å². The van der Waals surface area contributed by atoms with Gasteiger partial charge in [0, 0.05) is 6.54 Å². The maximum Gasteiger partial charge on any atom is 0.336 e. The number of nitrogens with one attached hydrogen (secondary N) is 1. The van der Waals surface area contributed by atoms with Crippen LogP contribution in [-0.2, 0) is 13.0 Å². The zero-order chi connectivity index (χ0) is 14.4. The maximum atomic E-state index is 13.4. The van der Waals surface area contributed by atoms with E-state index in [9.17, 15) is 9.18 Å². The monoisotopic (exact) mass is 273 g/mol. The van der Waals surface area contributed by atoms with Gasteiger partial charge in [0.15, 0.2) is 0 Å². The molecule has 2 aromatic carbocycles. The average molecular weight is 273 g/mol. The normalized spacial score (nSPS) is 10.4. The molecule has 104 valence electrons. The summed E-state index contributed by atoms with van der Waals surface area (Å²) < 4.78 is 13.4. The van der Waals surface area contributed by atoms with Gasteiger partial charge < -0.3 is 10.4 Å². The lowest BCUT2D eigenvalue weighted by Gasteiger charge is -2.08. The Labute approximate surface area is 117 Å². The molecule has 0 saturated carbocycles. The molecule has 2 rings (SSSR count). The lowest BCUT2D eigenvalue weighted by Crippen LogP contribution is -2.19. The first-order chi connectivity index (χ1) is 9.68. The van der Waals surface area contributed by atoms with Crippen molar-refractivity contribution in [1.29, 1.82) is 0 Å². The van der Waals surface area contributed by atoms with Crippen molar-refractivity contribution in [2.45, 2.75) is 13.0 Å². The Morgan fingerprint density at radius 3 is 2.40 bits per heavy atom. The quantitative estimate of drug-likeness (QED) is 0.796. The van der Waals surface area contributed by atoms with Crippen LogP contribution in [0.4, 0.5) is 4.39 Å². The topological polar surface area (TPSA) is 49.3 Å². The van der Waals surface area contributed by atoms with Crippen molar-refractivity contribution in [3.8, 4) is 0 Å². The molecule has 0 atom stereocenters. The Bertz CT molecular complexity index is 599. The van der Waals surface area contributed by atoms with Crippen molar-refractivity contribution in [3.05, 3.63) is 71.0 Å². The molecular weight excluding hydrogens is 257 g/mol. The van der Waals surface area contributed by atoms with Crippen molar-refractivity contribution in [1.82, 2.24) is 5.32 Å². The SMILES string of the molecule is O=C(O)c1ccccc1CNCCc1ccccc1F. The van der Waals surface area contributed by atoms with Crippen LogP contribution in [-0.4, -0.2) is 17.6 Å². The highest BCUT2D eigenvalue weighted by atomic mass is 19.1. The van der Waals surface area contributed by atoms with E-state index < -0.39 is 5.97 Å². The Morgan fingerprint density at radius 2 is 1.70 bits per heavy atom. The minimum Gasteiger partial charge on any atom is -0.478 e. The third kappa shape index (κ3) is 3.65. The molecule has 0 amide bonds. The molecule has 0 aliphatic heterocycles. The minimum absolute atomic E-state index is 0.208. The number of hydrogen-bond donors (Lipinski definition) is 2. The van der Waals surface area contributed by atoms with Crippen LogP contribution in [0.2, 0.25) is 0 Å². The molecule has 2 N–H and O–H groups in total. The molecule has 0 unspecified atom stereocenters. The second-order valence-corrected chi connectivity index (χ2v) is 4.48. The van der Waals surface area contributed by atoms with E-state index in [0.717, 1.165) is 5.56 Å². The highest BCUT2D eigenvalue weighted by molar-refractivity contribution is 5.89. The molecule has 0 bridgehead atoms. The van der Waals surface area contributed by atoms with Crippen LogP contribution in [0, 0.1) is 5.82 Å². The summed E-state index contributed by atoms with van der Waals surface area (Å²) >= 11 is 0. The third-order valence-corrected chi connectivity index (χ3v) is 3.09. The number of aromatic carboxylic acids is 1. The molecular formula is C16H16FNO2. The molecule has 4 heteroatoms. The summed E-state index contributed by atoms with van der Waals surface area (Å²) in [6.45, 7) is 1.05. The predicted octanol–water partition coefficient (Wildman–Crippen LogP) is 2.86. The van der Waals surface area contributed by atoms with Gasteiger partial charge >= 0.3 is 5.97 Å².